The van der Waals surface area contributed by atoms with E-state index in [0.717, 1.165) is 17.7 Å². The fourth-order valence-electron chi connectivity index (χ4n) is 2.42. The van der Waals surface area contributed by atoms with Crippen LogP contribution in [0.2, 0.25) is 0 Å². The van der Waals surface area contributed by atoms with Crippen molar-refractivity contribution in [2.24, 2.45) is 7.05 Å². The van der Waals surface area contributed by atoms with Crippen LogP contribution in [0.15, 0.2) is 36.0 Å². The zero-order chi connectivity index (χ0) is 13.4. The number of nitrogens with zero attached hydrogens (tertiary/aromatic N) is 2. The molecule has 0 fully saturated rings. The minimum atomic E-state index is -0.292. The van der Waals surface area contributed by atoms with Crippen LogP contribution in [0.4, 0.5) is 4.39 Å². The first-order chi connectivity index (χ1) is 9.15. The van der Waals surface area contributed by atoms with Gasteiger partial charge in [-0.25, -0.2) is 4.39 Å². The zero-order valence-corrected chi connectivity index (χ0v) is 10.6. The Morgan fingerprint density at radius 3 is 3.00 bits per heavy atom. The Kier molecular flexibility index (Phi) is 2.78. The lowest BCUT2D eigenvalue weighted by Crippen LogP contribution is -2.14. The van der Waals surface area contributed by atoms with E-state index in [9.17, 15) is 9.18 Å². The molecule has 3 rings (SSSR count). The van der Waals surface area contributed by atoms with E-state index in [1.54, 1.807) is 29.1 Å². The molecule has 0 radical (unpaired) electrons. The molecule has 19 heavy (non-hydrogen) atoms. The van der Waals surface area contributed by atoms with Gasteiger partial charge in [0.1, 0.15) is 5.82 Å². The van der Waals surface area contributed by atoms with Gasteiger partial charge in [-0.1, -0.05) is 12.1 Å². The molecule has 3 nitrogen and oxygen atoms in total. The molecule has 0 spiro atoms. The second-order valence-corrected chi connectivity index (χ2v) is 4.68. The van der Waals surface area contributed by atoms with Gasteiger partial charge < -0.3 is 0 Å². The minimum absolute atomic E-state index is 0.00129. The van der Waals surface area contributed by atoms with E-state index in [2.05, 4.69) is 5.10 Å². The highest BCUT2D eigenvalue weighted by Gasteiger charge is 2.24. The molecule has 96 valence electrons. The molecule has 0 saturated carbocycles. The Bertz CT molecular complexity index is 685. The van der Waals surface area contributed by atoms with E-state index in [1.165, 1.54) is 12.1 Å². The standard InChI is InChI=1S/C15H13FN2O/c1-18-14-6-5-11(15(19)13(14)9-17-18)7-10-3-2-4-12(16)8-10/h2-4,7-9H,5-6H2,1H3/b11-7+. The quantitative estimate of drug-likeness (QED) is 0.735. The normalized spacial score (nSPS) is 16.7. The highest BCUT2D eigenvalue weighted by Crippen LogP contribution is 2.26. The molecule has 0 bridgehead atoms. The summed E-state index contributed by atoms with van der Waals surface area (Å²) >= 11 is 0. The van der Waals surface area contributed by atoms with Gasteiger partial charge >= 0.3 is 0 Å². The summed E-state index contributed by atoms with van der Waals surface area (Å²) in [4.78, 5) is 12.3. The molecule has 0 N–H and O–H groups in total. The second kappa shape index (κ2) is 4.46. The van der Waals surface area contributed by atoms with Gasteiger partial charge in [-0.15, -0.1) is 0 Å². The van der Waals surface area contributed by atoms with Crippen molar-refractivity contribution in [3.8, 4) is 0 Å². The summed E-state index contributed by atoms with van der Waals surface area (Å²) in [5.41, 5.74) is 3.07. The third kappa shape index (κ3) is 2.10. The summed E-state index contributed by atoms with van der Waals surface area (Å²) in [6, 6.07) is 6.26. The smallest absolute Gasteiger partial charge is 0.192 e. The van der Waals surface area contributed by atoms with Crippen LogP contribution in [0, 0.1) is 5.82 Å². The second-order valence-electron chi connectivity index (χ2n) is 4.68. The maximum absolute atomic E-state index is 13.1. The number of allylic oxidation sites excluding steroid dienone is 1. The molecule has 0 unspecified atom stereocenters. The summed E-state index contributed by atoms with van der Waals surface area (Å²) in [7, 11) is 1.84. The lowest BCUT2D eigenvalue weighted by Gasteiger charge is -2.14. The SMILES string of the molecule is Cn1ncc2c1CC/C(=C\c1cccc(F)c1)C2=O. The average molecular weight is 256 g/mol. The average Bonchev–Trinajstić information content (AvgIpc) is 2.76. The van der Waals surface area contributed by atoms with E-state index < -0.39 is 0 Å². The number of ketones is 1. The van der Waals surface area contributed by atoms with Gasteiger partial charge in [0.15, 0.2) is 5.78 Å². The lowest BCUT2D eigenvalue weighted by atomic mass is 9.90. The summed E-state index contributed by atoms with van der Waals surface area (Å²) in [5.74, 6) is -0.293. The van der Waals surface area contributed by atoms with Gasteiger partial charge in [-0.3, -0.25) is 9.48 Å². The number of hydrogen-bond acceptors (Lipinski definition) is 2. The number of carbonyl (C=O) groups excluding carboxylic acids is 1. The molecule has 1 heterocycles. The van der Waals surface area contributed by atoms with Crippen molar-refractivity contribution >= 4 is 11.9 Å². The van der Waals surface area contributed by atoms with Crippen LogP contribution >= 0.6 is 0 Å². The number of Topliss-reactive ketones (excluding diaryl/α,β-unsaturated/α-hetero) is 1. The minimum Gasteiger partial charge on any atom is -0.289 e. The Morgan fingerprint density at radius 2 is 2.21 bits per heavy atom. The van der Waals surface area contributed by atoms with Gasteiger partial charge in [0, 0.05) is 18.3 Å². The summed E-state index contributed by atoms with van der Waals surface area (Å²) < 4.78 is 14.9. The Labute approximate surface area is 110 Å². The van der Waals surface area contributed by atoms with Crippen molar-refractivity contribution in [1.82, 2.24) is 9.78 Å². The first-order valence-corrected chi connectivity index (χ1v) is 6.17. The highest BCUT2D eigenvalue weighted by atomic mass is 19.1. The van der Waals surface area contributed by atoms with Gasteiger partial charge in [-0.05, 0) is 36.6 Å². The third-order valence-corrected chi connectivity index (χ3v) is 3.42. The maximum atomic E-state index is 13.1. The van der Waals surface area contributed by atoms with Crippen molar-refractivity contribution in [3.05, 3.63) is 58.7 Å². The number of aromatic nitrogens is 2. The van der Waals surface area contributed by atoms with Gasteiger partial charge in [0.2, 0.25) is 0 Å². The fraction of sp³-hybridized carbons (Fsp3) is 0.200. The van der Waals surface area contributed by atoms with Gasteiger partial charge in [-0.2, -0.15) is 5.10 Å². The zero-order valence-electron chi connectivity index (χ0n) is 10.6. The first-order valence-electron chi connectivity index (χ1n) is 6.17. The number of benzene rings is 1. The number of aryl methyl sites for hydroxylation is 1. The maximum Gasteiger partial charge on any atom is 0.192 e. The Morgan fingerprint density at radius 1 is 1.37 bits per heavy atom. The van der Waals surface area contributed by atoms with Crippen LogP contribution in [0.5, 0.6) is 0 Å². The molecule has 0 amide bonds. The van der Waals surface area contributed by atoms with E-state index in [4.69, 9.17) is 0 Å². The van der Waals surface area contributed by atoms with E-state index in [0.29, 0.717) is 17.6 Å². The third-order valence-electron chi connectivity index (χ3n) is 3.42. The summed E-state index contributed by atoms with van der Waals surface area (Å²) in [6.45, 7) is 0. The van der Waals surface area contributed by atoms with E-state index in [1.807, 2.05) is 7.05 Å². The molecule has 2 aromatic rings. The molecular weight excluding hydrogens is 243 g/mol. The molecule has 4 heteroatoms. The number of carbonyl (C=O) groups is 1. The number of halogens is 1. The monoisotopic (exact) mass is 256 g/mol. The molecule has 0 atom stereocenters. The number of rotatable bonds is 1. The van der Waals surface area contributed by atoms with Crippen molar-refractivity contribution in [2.75, 3.05) is 0 Å². The highest BCUT2D eigenvalue weighted by molar-refractivity contribution is 6.12. The summed E-state index contributed by atoms with van der Waals surface area (Å²) in [6.07, 6.45) is 4.83. The van der Waals surface area contributed by atoms with Crippen molar-refractivity contribution in [3.63, 3.8) is 0 Å². The van der Waals surface area contributed by atoms with Gasteiger partial charge in [0.05, 0.1) is 11.8 Å². The van der Waals surface area contributed by atoms with Crippen LogP contribution in [-0.4, -0.2) is 15.6 Å². The molecular formula is C15H13FN2O. The van der Waals surface area contributed by atoms with Crippen LogP contribution in [0.25, 0.3) is 6.08 Å². The largest absolute Gasteiger partial charge is 0.289 e. The van der Waals surface area contributed by atoms with E-state index in [-0.39, 0.29) is 11.6 Å². The Balaban J connectivity index is 1.98. The van der Waals surface area contributed by atoms with Crippen molar-refractivity contribution in [1.29, 1.82) is 0 Å². The predicted octanol–water partition coefficient (Wildman–Crippen LogP) is 2.77. The van der Waals surface area contributed by atoms with Crippen LogP contribution < -0.4 is 0 Å². The molecule has 0 aliphatic heterocycles. The molecule has 1 aliphatic carbocycles. The first kappa shape index (κ1) is 11.8. The number of hydrogen-bond donors (Lipinski definition) is 0. The van der Waals surface area contributed by atoms with Gasteiger partial charge in [0.25, 0.3) is 0 Å². The van der Waals surface area contributed by atoms with Crippen molar-refractivity contribution < 1.29 is 9.18 Å². The molecule has 0 saturated heterocycles. The molecule has 1 aromatic heterocycles. The predicted molar refractivity (Wildman–Crippen MR) is 70.2 cm³/mol. The van der Waals surface area contributed by atoms with Crippen molar-refractivity contribution in [2.45, 2.75) is 12.8 Å². The van der Waals surface area contributed by atoms with Crippen LogP contribution in [-0.2, 0) is 13.5 Å². The van der Waals surface area contributed by atoms with Crippen LogP contribution in [0.3, 0.4) is 0 Å². The Hall–Kier alpha value is -2.23. The number of fused-ring (bicyclic) bond motifs is 1. The summed E-state index contributed by atoms with van der Waals surface area (Å²) in [5, 5.41) is 4.11. The molecule has 1 aromatic carbocycles. The topological polar surface area (TPSA) is 34.9 Å². The fourth-order valence-corrected chi connectivity index (χ4v) is 2.42. The van der Waals surface area contributed by atoms with Crippen LogP contribution in [0.1, 0.15) is 28.0 Å². The lowest BCUT2D eigenvalue weighted by molar-refractivity contribution is 0.102. The van der Waals surface area contributed by atoms with E-state index >= 15 is 0 Å². The molecule has 1 aliphatic rings.